The van der Waals surface area contributed by atoms with Crippen LogP contribution in [0.5, 0.6) is 0 Å². The minimum atomic E-state index is 1.09. The van der Waals surface area contributed by atoms with E-state index in [1.54, 1.807) is 0 Å². The molecule has 0 saturated heterocycles. The number of nitrogens with zero attached hydrogens (tertiary/aromatic N) is 1. The lowest BCUT2D eigenvalue weighted by Gasteiger charge is -2.10. The Balaban J connectivity index is 2.36. The van der Waals surface area contributed by atoms with Gasteiger partial charge in [-0.05, 0) is 19.7 Å². The first-order valence-corrected chi connectivity index (χ1v) is 5.70. The Morgan fingerprint density at radius 3 is 2.50 bits per heavy atom. The molecule has 14 heavy (non-hydrogen) atoms. The molecule has 0 amide bonds. The highest BCUT2D eigenvalue weighted by molar-refractivity contribution is 8.08. The van der Waals surface area contributed by atoms with Gasteiger partial charge in [0, 0.05) is 17.2 Å². The summed E-state index contributed by atoms with van der Waals surface area (Å²) in [5.41, 5.74) is 1.23. The fourth-order valence-electron chi connectivity index (χ4n) is 1.06. The second-order valence-electron chi connectivity index (χ2n) is 3.44. The van der Waals surface area contributed by atoms with Crippen molar-refractivity contribution in [2.75, 3.05) is 26.4 Å². The van der Waals surface area contributed by atoms with Crippen LogP contribution in [0.1, 0.15) is 5.56 Å². The fourth-order valence-corrected chi connectivity index (χ4v) is 2.06. The molecule has 0 aromatic heterocycles. The molecule has 1 aromatic rings. The van der Waals surface area contributed by atoms with Crippen molar-refractivity contribution in [3.63, 3.8) is 0 Å². The third-order valence-electron chi connectivity index (χ3n) is 1.91. The molecule has 2 heteroatoms. The lowest BCUT2D eigenvalue weighted by molar-refractivity contribution is 0.437. The number of benzene rings is 1. The third kappa shape index (κ3) is 3.99. The zero-order chi connectivity index (χ0) is 10.4. The van der Waals surface area contributed by atoms with E-state index in [0.717, 1.165) is 17.2 Å². The van der Waals surface area contributed by atoms with Gasteiger partial charge in [0.05, 0.1) is 0 Å². The van der Waals surface area contributed by atoms with E-state index in [9.17, 15) is 0 Å². The number of thioether (sulfide) groups is 1. The molecule has 1 rings (SSSR count). The average molecular weight is 207 g/mol. The van der Waals surface area contributed by atoms with Crippen molar-refractivity contribution in [3.05, 3.63) is 42.5 Å². The van der Waals surface area contributed by atoms with Gasteiger partial charge >= 0.3 is 0 Å². The lowest BCUT2D eigenvalue weighted by atomic mass is 10.2. The van der Waals surface area contributed by atoms with Crippen molar-refractivity contribution in [3.8, 4) is 0 Å². The average Bonchev–Trinajstić information content (AvgIpc) is 2.18. The second-order valence-corrected chi connectivity index (χ2v) is 4.63. The van der Waals surface area contributed by atoms with E-state index < -0.39 is 0 Å². The molecule has 0 N–H and O–H groups in total. The standard InChI is InChI=1S/C12H17NS/c1-11(14-10-9-13(2)3)12-7-5-4-6-8-12/h4-8H,1,9-10H2,2-3H3. The summed E-state index contributed by atoms with van der Waals surface area (Å²) in [4.78, 5) is 3.35. The minimum absolute atomic E-state index is 1.09. The van der Waals surface area contributed by atoms with Crippen LogP contribution >= 0.6 is 11.8 Å². The minimum Gasteiger partial charge on any atom is -0.309 e. The monoisotopic (exact) mass is 207 g/mol. The van der Waals surface area contributed by atoms with Crippen LogP contribution in [0.3, 0.4) is 0 Å². The molecule has 0 atom stereocenters. The van der Waals surface area contributed by atoms with E-state index in [4.69, 9.17) is 0 Å². The molecule has 0 heterocycles. The van der Waals surface area contributed by atoms with Crippen LogP contribution in [0.4, 0.5) is 0 Å². The number of rotatable bonds is 5. The maximum atomic E-state index is 4.07. The molecule has 0 aliphatic heterocycles. The van der Waals surface area contributed by atoms with Gasteiger partial charge in [-0.15, -0.1) is 11.8 Å². The summed E-state index contributed by atoms with van der Waals surface area (Å²) in [6.45, 7) is 5.16. The van der Waals surface area contributed by atoms with Crippen LogP contribution in [-0.4, -0.2) is 31.3 Å². The Morgan fingerprint density at radius 1 is 1.29 bits per heavy atom. The van der Waals surface area contributed by atoms with Crippen molar-refractivity contribution < 1.29 is 0 Å². The molecule has 0 bridgehead atoms. The van der Waals surface area contributed by atoms with Gasteiger partial charge in [0.25, 0.3) is 0 Å². The smallest absolute Gasteiger partial charge is 0.0108 e. The highest BCUT2D eigenvalue weighted by atomic mass is 32.2. The second kappa shape index (κ2) is 5.89. The molecular weight excluding hydrogens is 190 g/mol. The fraction of sp³-hybridized carbons (Fsp3) is 0.333. The molecule has 1 aromatic carbocycles. The molecule has 1 nitrogen and oxygen atoms in total. The van der Waals surface area contributed by atoms with E-state index in [0.29, 0.717) is 0 Å². The first-order chi connectivity index (χ1) is 6.70. The van der Waals surface area contributed by atoms with Crippen LogP contribution in [0.2, 0.25) is 0 Å². The van der Waals surface area contributed by atoms with Gasteiger partial charge in [-0.2, -0.15) is 0 Å². The summed E-state index contributed by atoms with van der Waals surface area (Å²) >= 11 is 1.82. The van der Waals surface area contributed by atoms with Crippen LogP contribution in [0.15, 0.2) is 36.9 Å². The summed E-state index contributed by atoms with van der Waals surface area (Å²) in [5.74, 6) is 1.10. The van der Waals surface area contributed by atoms with Gasteiger partial charge < -0.3 is 4.90 Å². The van der Waals surface area contributed by atoms with E-state index >= 15 is 0 Å². The summed E-state index contributed by atoms with van der Waals surface area (Å²) < 4.78 is 0. The zero-order valence-electron chi connectivity index (χ0n) is 8.86. The summed E-state index contributed by atoms with van der Waals surface area (Å²) in [6, 6.07) is 10.3. The van der Waals surface area contributed by atoms with Gasteiger partial charge in [-0.1, -0.05) is 36.9 Å². The van der Waals surface area contributed by atoms with Gasteiger partial charge in [0.2, 0.25) is 0 Å². The Labute approximate surface area is 90.8 Å². The quantitative estimate of drug-likeness (QED) is 0.730. The van der Waals surface area contributed by atoms with E-state index in [-0.39, 0.29) is 0 Å². The van der Waals surface area contributed by atoms with E-state index in [1.807, 2.05) is 30.0 Å². The Kier molecular flexibility index (Phi) is 4.77. The van der Waals surface area contributed by atoms with Crippen LogP contribution in [0, 0.1) is 0 Å². The number of hydrogen-bond donors (Lipinski definition) is 0. The lowest BCUT2D eigenvalue weighted by Crippen LogP contribution is -2.14. The van der Waals surface area contributed by atoms with Gasteiger partial charge in [0.1, 0.15) is 0 Å². The van der Waals surface area contributed by atoms with Crippen LogP contribution in [-0.2, 0) is 0 Å². The largest absolute Gasteiger partial charge is 0.309 e. The summed E-state index contributed by atoms with van der Waals surface area (Å²) in [7, 11) is 4.18. The highest BCUT2D eigenvalue weighted by Crippen LogP contribution is 2.24. The van der Waals surface area contributed by atoms with Crippen molar-refractivity contribution in [2.24, 2.45) is 0 Å². The maximum absolute atomic E-state index is 4.07. The summed E-state index contributed by atoms with van der Waals surface area (Å²) in [5, 5.41) is 0. The van der Waals surface area contributed by atoms with E-state index in [1.165, 1.54) is 5.56 Å². The Hall–Kier alpha value is -0.730. The highest BCUT2D eigenvalue weighted by Gasteiger charge is 1.98. The van der Waals surface area contributed by atoms with Gasteiger partial charge in [-0.25, -0.2) is 0 Å². The van der Waals surface area contributed by atoms with Gasteiger partial charge in [-0.3, -0.25) is 0 Å². The first kappa shape index (κ1) is 11.3. The molecule has 0 fully saturated rings. The van der Waals surface area contributed by atoms with Crippen molar-refractivity contribution >= 4 is 16.7 Å². The Morgan fingerprint density at radius 2 is 1.93 bits per heavy atom. The van der Waals surface area contributed by atoms with Crippen LogP contribution in [0.25, 0.3) is 4.91 Å². The predicted octanol–water partition coefficient (Wildman–Crippen LogP) is 2.95. The third-order valence-corrected chi connectivity index (χ3v) is 2.88. The molecular formula is C12H17NS. The first-order valence-electron chi connectivity index (χ1n) is 4.72. The molecule has 76 valence electrons. The Bertz CT molecular complexity index is 280. The molecule has 0 radical (unpaired) electrons. The van der Waals surface area contributed by atoms with Crippen molar-refractivity contribution in [2.45, 2.75) is 0 Å². The van der Waals surface area contributed by atoms with Gasteiger partial charge in [0.15, 0.2) is 0 Å². The molecule has 0 spiro atoms. The topological polar surface area (TPSA) is 3.24 Å². The van der Waals surface area contributed by atoms with Crippen LogP contribution < -0.4 is 0 Å². The number of hydrogen-bond acceptors (Lipinski definition) is 2. The molecule has 0 saturated carbocycles. The predicted molar refractivity (Wildman–Crippen MR) is 66.5 cm³/mol. The molecule has 0 aliphatic rings. The molecule has 0 aliphatic carbocycles. The normalized spacial score (nSPS) is 10.5. The zero-order valence-corrected chi connectivity index (χ0v) is 9.68. The maximum Gasteiger partial charge on any atom is 0.0108 e. The van der Waals surface area contributed by atoms with Crippen molar-refractivity contribution in [1.29, 1.82) is 0 Å². The van der Waals surface area contributed by atoms with Crippen molar-refractivity contribution in [1.82, 2.24) is 4.90 Å². The SMILES string of the molecule is C=C(SCCN(C)C)c1ccccc1. The molecule has 0 unspecified atom stereocenters. The summed E-state index contributed by atoms with van der Waals surface area (Å²) in [6.07, 6.45) is 0. The van der Waals surface area contributed by atoms with E-state index in [2.05, 4.69) is 37.7 Å².